The Bertz CT molecular complexity index is 1050. The van der Waals surface area contributed by atoms with Gasteiger partial charge in [0.25, 0.3) is 0 Å². The average molecular weight is 553 g/mol. The number of hydrogen-bond donors (Lipinski definition) is 3. The number of ether oxygens (including phenoxy) is 1. The van der Waals surface area contributed by atoms with E-state index in [1.165, 1.54) is 5.56 Å². The normalized spacial score (nSPS) is 19.8. The molecule has 7 nitrogen and oxygen atoms in total. The number of allylic oxidation sites excluding steroid dienone is 2. The maximum atomic E-state index is 13.4. The Morgan fingerprint density at radius 1 is 1.03 bits per heavy atom. The van der Waals surface area contributed by atoms with E-state index >= 15 is 0 Å². The molecule has 0 spiro atoms. The summed E-state index contributed by atoms with van der Waals surface area (Å²) in [5.74, 6) is 0.00896. The first-order valence-electron chi connectivity index (χ1n) is 13.7. The molecule has 3 atom stereocenters. The smallest absolute Gasteiger partial charge is 0.305 e. The van der Waals surface area contributed by atoms with Gasteiger partial charge in [-0.25, -0.2) is 0 Å². The first kappa shape index (κ1) is 30.4. The molecule has 0 aromatic heterocycles. The van der Waals surface area contributed by atoms with E-state index < -0.39 is 12.0 Å². The second kappa shape index (κ2) is 17.5. The van der Waals surface area contributed by atoms with Gasteiger partial charge in [0.05, 0.1) is 24.6 Å². The lowest BCUT2D eigenvalue weighted by Gasteiger charge is -2.23. The Hall–Kier alpha value is -3.10. The fraction of sp³-hybridized carbons (Fsp3) is 0.452. The molecular formula is C31H40N2O5S. The largest absolute Gasteiger partial charge is 0.463 e. The topological polar surface area (TPSA) is 105 Å². The number of hydrogen-bond acceptors (Lipinski definition) is 6. The van der Waals surface area contributed by atoms with Crippen LogP contribution in [0, 0.1) is 5.92 Å². The molecule has 0 saturated heterocycles. The highest BCUT2D eigenvalue weighted by molar-refractivity contribution is 7.98. The first-order valence-corrected chi connectivity index (χ1v) is 14.9. The fourth-order valence-corrected chi connectivity index (χ4v) is 5.38. The van der Waals surface area contributed by atoms with Crippen LogP contribution in [0.25, 0.3) is 0 Å². The number of esters is 1. The minimum Gasteiger partial charge on any atom is -0.463 e. The van der Waals surface area contributed by atoms with Crippen LogP contribution >= 0.6 is 11.8 Å². The molecule has 1 heterocycles. The van der Waals surface area contributed by atoms with Crippen LogP contribution in [0.2, 0.25) is 0 Å². The van der Waals surface area contributed by atoms with Gasteiger partial charge in [-0.2, -0.15) is 11.8 Å². The van der Waals surface area contributed by atoms with Gasteiger partial charge in [-0.15, -0.1) is 0 Å². The minimum absolute atomic E-state index is 0.00509. The van der Waals surface area contributed by atoms with Crippen molar-refractivity contribution in [2.45, 2.75) is 62.8 Å². The molecule has 210 valence electrons. The summed E-state index contributed by atoms with van der Waals surface area (Å²) >= 11 is 1.66. The lowest BCUT2D eigenvalue weighted by molar-refractivity contribution is -0.145. The molecule has 39 heavy (non-hydrogen) atoms. The standard InChI is InChI=1S/C31H40N2O5S/c34-20-27(18-24-12-6-4-7-13-24)32-29(35)19-26-16-10-2-1-3-11-17-30(36)38-21-28(33-31(26)37)23-39-22-25-14-8-5-9-15-25/h2,4-10,12-15,26-28,34H,1,3,11,16-23H2,(H,32,35)(H,33,37)/t26-,27-,28-/m1/s1. The second-order valence-corrected chi connectivity index (χ2v) is 10.9. The summed E-state index contributed by atoms with van der Waals surface area (Å²) in [6, 6.07) is 18.9. The molecular weight excluding hydrogens is 512 g/mol. The minimum atomic E-state index is -0.572. The lowest BCUT2D eigenvalue weighted by Crippen LogP contribution is -2.45. The number of cyclic esters (lactones) is 1. The molecule has 2 aromatic rings. The number of rotatable bonds is 10. The predicted octanol–water partition coefficient (Wildman–Crippen LogP) is 4.19. The van der Waals surface area contributed by atoms with Crippen molar-refractivity contribution in [2.24, 2.45) is 5.92 Å². The highest BCUT2D eigenvalue weighted by Crippen LogP contribution is 2.17. The van der Waals surface area contributed by atoms with Gasteiger partial charge >= 0.3 is 5.97 Å². The van der Waals surface area contributed by atoms with Crippen molar-refractivity contribution in [1.29, 1.82) is 0 Å². The number of aliphatic hydroxyl groups excluding tert-OH is 1. The van der Waals surface area contributed by atoms with Crippen LogP contribution in [0.3, 0.4) is 0 Å². The molecule has 1 aliphatic rings. The molecule has 3 rings (SSSR count). The Morgan fingerprint density at radius 3 is 2.46 bits per heavy atom. The molecule has 0 saturated carbocycles. The highest BCUT2D eigenvalue weighted by Gasteiger charge is 2.25. The third kappa shape index (κ3) is 12.1. The van der Waals surface area contributed by atoms with Crippen LogP contribution in [0.5, 0.6) is 0 Å². The Labute approximate surface area is 235 Å². The fourth-order valence-electron chi connectivity index (χ4n) is 4.37. The van der Waals surface area contributed by atoms with Crippen molar-refractivity contribution in [3.8, 4) is 0 Å². The van der Waals surface area contributed by atoms with Crippen LogP contribution in [-0.4, -0.2) is 53.9 Å². The van der Waals surface area contributed by atoms with E-state index in [4.69, 9.17) is 4.74 Å². The number of aliphatic hydroxyl groups is 1. The summed E-state index contributed by atoms with van der Waals surface area (Å²) in [5.41, 5.74) is 2.20. The summed E-state index contributed by atoms with van der Waals surface area (Å²) in [6.45, 7) is -0.0890. The van der Waals surface area contributed by atoms with Crippen molar-refractivity contribution >= 4 is 29.5 Å². The van der Waals surface area contributed by atoms with E-state index in [1.807, 2.05) is 60.7 Å². The number of benzene rings is 2. The summed E-state index contributed by atoms with van der Waals surface area (Å²) in [4.78, 5) is 38.5. The Balaban J connectivity index is 1.63. The zero-order valence-corrected chi connectivity index (χ0v) is 23.2. The van der Waals surface area contributed by atoms with Crippen molar-refractivity contribution < 1.29 is 24.2 Å². The van der Waals surface area contributed by atoms with Gasteiger partial charge in [0.1, 0.15) is 6.61 Å². The zero-order valence-electron chi connectivity index (χ0n) is 22.4. The SMILES string of the molecule is O=C(C[C@H]1CC=CCCCCC(=O)OC[C@H](CSCc2ccccc2)NC1=O)N[C@@H](CO)Cc1ccccc1. The summed E-state index contributed by atoms with van der Waals surface area (Å²) in [5, 5.41) is 15.8. The molecule has 8 heteroatoms. The van der Waals surface area contributed by atoms with E-state index in [9.17, 15) is 19.5 Å². The molecule has 1 aliphatic heterocycles. The number of nitrogens with one attached hydrogen (secondary N) is 2. The van der Waals surface area contributed by atoms with Crippen LogP contribution in [-0.2, 0) is 31.3 Å². The summed E-state index contributed by atoms with van der Waals surface area (Å²) < 4.78 is 5.50. The summed E-state index contributed by atoms with van der Waals surface area (Å²) in [7, 11) is 0. The number of carbonyl (C=O) groups is 3. The number of amides is 2. The lowest BCUT2D eigenvalue weighted by atomic mass is 9.98. The third-order valence-electron chi connectivity index (χ3n) is 6.52. The van der Waals surface area contributed by atoms with Crippen LogP contribution in [0.15, 0.2) is 72.8 Å². The molecule has 3 N–H and O–H groups in total. The van der Waals surface area contributed by atoms with Crippen LogP contribution in [0.1, 0.15) is 49.7 Å². The molecule has 0 bridgehead atoms. The predicted molar refractivity (Wildman–Crippen MR) is 155 cm³/mol. The van der Waals surface area contributed by atoms with Crippen molar-refractivity contribution in [3.63, 3.8) is 0 Å². The van der Waals surface area contributed by atoms with Crippen LogP contribution in [0.4, 0.5) is 0 Å². The van der Waals surface area contributed by atoms with Crippen LogP contribution < -0.4 is 10.6 Å². The van der Waals surface area contributed by atoms with E-state index in [0.717, 1.165) is 30.6 Å². The molecule has 0 unspecified atom stereocenters. The Morgan fingerprint density at radius 2 is 1.74 bits per heavy atom. The van der Waals surface area contributed by atoms with Gasteiger partial charge in [0.2, 0.25) is 11.8 Å². The van der Waals surface area contributed by atoms with Crippen molar-refractivity contribution in [1.82, 2.24) is 10.6 Å². The monoisotopic (exact) mass is 552 g/mol. The van der Waals surface area contributed by atoms with E-state index in [2.05, 4.69) is 22.8 Å². The van der Waals surface area contributed by atoms with Crippen molar-refractivity contribution in [2.75, 3.05) is 19.0 Å². The number of carbonyl (C=O) groups excluding carboxylic acids is 3. The maximum absolute atomic E-state index is 13.4. The zero-order chi connectivity index (χ0) is 27.7. The molecule has 0 aliphatic carbocycles. The second-order valence-electron chi connectivity index (χ2n) is 9.88. The third-order valence-corrected chi connectivity index (χ3v) is 7.70. The van der Waals surface area contributed by atoms with Gasteiger partial charge in [-0.3, -0.25) is 14.4 Å². The Kier molecular flexibility index (Phi) is 13.6. The van der Waals surface area contributed by atoms with Gasteiger partial charge in [-0.1, -0.05) is 72.8 Å². The van der Waals surface area contributed by atoms with Gasteiger partial charge in [0, 0.05) is 24.3 Å². The van der Waals surface area contributed by atoms with E-state index in [1.54, 1.807) is 11.8 Å². The van der Waals surface area contributed by atoms with Crippen molar-refractivity contribution in [3.05, 3.63) is 83.9 Å². The molecule has 2 aromatic carbocycles. The molecule has 0 fully saturated rings. The van der Waals surface area contributed by atoms with Gasteiger partial charge in [-0.05, 0) is 43.2 Å². The van der Waals surface area contributed by atoms with E-state index in [-0.39, 0.29) is 43.5 Å². The maximum Gasteiger partial charge on any atom is 0.305 e. The summed E-state index contributed by atoms with van der Waals surface area (Å²) in [6.07, 6.45) is 7.68. The quantitative estimate of drug-likeness (QED) is 0.302. The van der Waals surface area contributed by atoms with E-state index in [0.29, 0.717) is 25.0 Å². The van der Waals surface area contributed by atoms with Gasteiger partial charge < -0.3 is 20.5 Å². The average Bonchev–Trinajstić information content (AvgIpc) is 2.95. The first-order chi connectivity index (χ1) is 19.0. The number of thioether (sulfide) groups is 1. The highest BCUT2D eigenvalue weighted by atomic mass is 32.2. The molecule has 0 radical (unpaired) electrons. The molecule has 2 amide bonds. The van der Waals surface area contributed by atoms with Gasteiger partial charge in [0.15, 0.2) is 0 Å².